The molecule has 0 aliphatic heterocycles. The van der Waals surface area contributed by atoms with Gasteiger partial charge in [-0.3, -0.25) is 0 Å². The molecule has 0 bridgehead atoms. The minimum absolute atomic E-state index is 0.887. The molecule has 0 aliphatic rings. The Morgan fingerprint density at radius 1 is 0.269 bits per heavy atom. The van der Waals surface area contributed by atoms with Gasteiger partial charge in [-0.1, -0.05) is 152 Å². The van der Waals surface area contributed by atoms with Crippen LogP contribution in [0.2, 0.25) is 0 Å². The summed E-state index contributed by atoms with van der Waals surface area (Å²) in [6.07, 6.45) is 0. The molecule has 2 aromatic heterocycles. The number of hydrogen-bond donors (Lipinski definition) is 0. The molecule has 0 aliphatic carbocycles. The van der Waals surface area contributed by atoms with Gasteiger partial charge in [-0.05, 0) is 90.8 Å². The van der Waals surface area contributed by atoms with E-state index in [0.29, 0.717) is 0 Å². The maximum atomic E-state index is 6.80. The summed E-state index contributed by atoms with van der Waals surface area (Å²) < 4.78 is 12.9. The van der Waals surface area contributed by atoms with Gasteiger partial charge in [0.15, 0.2) is 0 Å². The average molecular weight is 663 g/mol. The molecule has 2 nitrogen and oxygen atoms in total. The number of rotatable bonds is 4. The van der Waals surface area contributed by atoms with Crippen molar-refractivity contribution >= 4 is 65.4 Å². The van der Waals surface area contributed by atoms with Gasteiger partial charge >= 0.3 is 0 Å². The zero-order valence-electron chi connectivity index (χ0n) is 28.1. The molecule has 0 fully saturated rings. The van der Waals surface area contributed by atoms with Gasteiger partial charge in [0, 0.05) is 27.1 Å². The van der Waals surface area contributed by atoms with Crippen LogP contribution in [-0.2, 0) is 0 Å². The molecule has 52 heavy (non-hydrogen) atoms. The second kappa shape index (κ2) is 11.3. The van der Waals surface area contributed by atoms with Gasteiger partial charge in [0.1, 0.15) is 22.3 Å². The van der Waals surface area contributed by atoms with E-state index in [1.165, 1.54) is 43.8 Å². The summed E-state index contributed by atoms with van der Waals surface area (Å²) in [5.74, 6) is 0. The second-order valence-corrected chi connectivity index (χ2v) is 13.6. The van der Waals surface area contributed by atoms with Crippen molar-refractivity contribution in [3.05, 3.63) is 182 Å². The normalized spacial score (nSPS) is 11.8. The van der Waals surface area contributed by atoms with Crippen LogP contribution in [0.3, 0.4) is 0 Å². The maximum absolute atomic E-state index is 6.80. The molecule has 0 radical (unpaired) electrons. The molecule has 0 saturated heterocycles. The molecule has 2 heteroatoms. The fourth-order valence-corrected chi connectivity index (χ4v) is 8.35. The Kier molecular flexibility index (Phi) is 6.28. The van der Waals surface area contributed by atoms with Crippen LogP contribution in [0.5, 0.6) is 0 Å². The zero-order valence-corrected chi connectivity index (χ0v) is 28.1. The highest BCUT2D eigenvalue weighted by Crippen LogP contribution is 2.48. The average Bonchev–Trinajstić information content (AvgIpc) is 3.79. The Morgan fingerprint density at radius 3 is 1.46 bits per heavy atom. The van der Waals surface area contributed by atoms with E-state index in [-0.39, 0.29) is 0 Å². The summed E-state index contributed by atoms with van der Waals surface area (Å²) in [6, 6.07) is 65.0. The van der Waals surface area contributed by atoms with Crippen LogP contribution < -0.4 is 0 Å². The van der Waals surface area contributed by atoms with E-state index in [0.717, 1.165) is 66.1 Å². The van der Waals surface area contributed by atoms with Crippen molar-refractivity contribution in [1.29, 1.82) is 0 Å². The highest BCUT2D eigenvalue weighted by Gasteiger charge is 2.22. The predicted octanol–water partition coefficient (Wildman–Crippen LogP) is 14.5. The number of para-hydroxylation sites is 2. The molecule has 2 heterocycles. The first-order valence-corrected chi connectivity index (χ1v) is 17.8. The fraction of sp³-hybridized carbons (Fsp3) is 0. The van der Waals surface area contributed by atoms with Crippen molar-refractivity contribution < 1.29 is 8.83 Å². The van der Waals surface area contributed by atoms with Crippen molar-refractivity contribution in [3.8, 4) is 44.5 Å². The third-order valence-corrected chi connectivity index (χ3v) is 10.7. The van der Waals surface area contributed by atoms with Crippen LogP contribution in [0, 0.1) is 0 Å². The first-order valence-electron chi connectivity index (χ1n) is 17.8. The number of benzene rings is 9. The Morgan fingerprint density at radius 2 is 0.769 bits per heavy atom. The van der Waals surface area contributed by atoms with Crippen LogP contribution >= 0.6 is 0 Å². The third kappa shape index (κ3) is 4.31. The summed E-state index contributed by atoms with van der Waals surface area (Å²) >= 11 is 0. The summed E-state index contributed by atoms with van der Waals surface area (Å²) in [4.78, 5) is 0. The maximum Gasteiger partial charge on any atom is 0.143 e. The minimum atomic E-state index is 0.887. The topological polar surface area (TPSA) is 26.3 Å². The molecular weight excluding hydrogens is 633 g/mol. The van der Waals surface area contributed by atoms with E-state index < -0.39 is 0 Å². The van der Waals surface area contributed by atoms with Gasteiger partial charge in [-0.25, -0.2) is 0 Å². The van der Waals surface area contributed by atoms with Gasteiger partial charge in [0.25, 0.3) is 0 Å². The van der Waals surface area contributed by atoms with Crippen molar-refractivity contribution in [1.82, 2.24) is 0 Å². The van der Waals surface area contributed by atoms with Crippen LogP contribution in [-0.4, -0.2) is 0 Å². The fourth-order valence-electron chi connectivity index (χ4n) is 8.35. The van der Waals surface area contributed by atoms with E-state index in [2.05, 4.69) is 170 Å². The minimum Gasteiger partial charge on any atom is -0.456 e. The Bertz CT molecular complexity index is 3100. The molecule has 0 saturated carbocycles. The first-order chi connectivity index (χ1) is 25.8. The zero-order chi connectivity index (χ0) is 34.2. The molecule has 0 atom stereocenters. The lowest BCUT2D eigenvalue weighted by Crippen LogP contribution is -1.91. The first kappa shape index (κ1) is 28.9. The van der Waals surface area contributed by atoms with Gasteiger partial charge in [0.2, 0.25) is 0 Å². The Labute approximate surface area is 299 Å². The molecule has 11 rings (SSSR count). The van der Waals surface area contributed by atoms with Crippen molar-refractivity contribution in [3.63, 3.8) is 0 Å². The Hall–Kier alpha value is -6.90. The summed E-state index contributed by atoms with van der Waals surface area (Å²) in [7, 11) is 0. The standard InChI is InChI=1S/C50H30O2/c1-2-12-33(13-3-1)47-37-15-4-6-17-39(37)48(40-18-7-5-16-38(40)47)42-28-27-35(50-49(42)41-19-9-11-21-45(41)52-50)32-24-22-31(23-25-32)34-26-29-46-43(30-34)36-14-8-10-20-44(36)51-46/h1-30H. The van der Waals surface area contributed by atoms with Gasteiger partial charge in [-0.15, -0.1) is 0 Å². The molecule has 11 aromatic rings. The second-order valence-electron chi connectivity index (χ2n) is 13.6. The lowest BCUT2D eigenvalue weighted by atomic mass is 9.84. The predicted molar refractivity (Wildman–Crippen MR) is 218 cm³/mol. The monoisotopic (exact) mass is 662 g/mol. The van der Waals surface area contributed by atoms with Crippen LogP contribution in [0.1, 0.15) is 0 Å². The quantitative estimate of drug-likeness (QED) is 0.175. The number of fused-ring (bicyclic) bond motifs is 8. The van der Waals surface area contributed by atoms with Gasteiger partial charge in [0.05, 0.1) is 0 Å². The number of hydrogen-bond acceptors (Lipinski definition) is 2. The molecule has 0 amide bonds. The van der Waals surface area contributed by atoms with Crippen LogP contribution in [0.15, 0.2) is 191 Å². The van der Waals surface area contributed by atoms with Crippen molar-refractivity contribution in [2.45, 2.75) is 0 Å². The van der Waals surface area contributed by atoms with E-state index in [4.69, 9.17) is 8.83 Å². The molecule has 242 valence electrons. The van der Waals surface area contributed by atoms with Gasteiger partial charge in [-0.2, -0.15) is 0 Å². The lowest BCUT2D eigenvalue weighted by molar-refractivity contribution is 0.669. The number of furan rings is 2. The van der Waals surface area contributed by atoms with E-state index in [1.54, 1.807) is 0 Å². The third-order valence-electron chi connectivity index (χ3n) is 10.7. The molecule has 0 N–H and O–H groups in total. The molecule has 0 unspecified atom stereocenters. The van der Waals surface area contributed by atoms with Crippen LogP contribution in [0.4, 0.5) is 0 Å². The van der Waals surface area contributed by atoms with Crippen molar-refractivity contribution in [2.75, 3.05) is 0 Å². The highest BCUT2D eigenvalue weighted by molar-refractivity contribution is 6.26. The van der Waals surface area contributed by atoms with Crippen molar-refractivity contribution in [2.24, 2.45) is 0 Å². The SMILES string of the molecule is c1ccc(-c2c3ccccc3c(-c3ccc(-c4ccc(-c5ccc6oc7ccccc7c6c5)cc4)c4oc5ccccc5c34)c3ccccc23)cc1. The van der Waals surface area contributed by atoms with Gasteiger partial charge < -0.3 is 8.83 Å². The summed E-state index contributed by atoms with van der Waals surface area (Å²) in [5, 5.41) is 9.46. The smallest absolute Gasteiger partial charge is 0.143 e. The van der Waals surface area contributed by atoms with E-state index in [9.17, 15) is 0 Å². The lowest BCUT2D eigenvalue weighted by Gasteiger charge is -2.18. The highest BCUT2D eigenvalue weighted by atomic mass is 16.3. The summed E-state index contributed by atoms with van der Waals surface area (Å²) in [6.45, 7) is 0. The van der Waals surface area contributed by atoms with Crippen LogP contribution in [0.25, 0.3) is 110 Å². The Balaban J connectivity index is 1.12. The molecular formula is C50H30O2. The van der Waals surface area contributed by atoms with E-state index in [1.807, 2.05) is 12.1 Å². The summed E-state index contributed by atoms with van der Waals surface area (Å²) in [5.41, 5.74) is 13.0. The largest absolute Gasteiger partial charge is 0.456 e. The molecule has 9 aromatic carbocycles. The van der Waals surface area contributed by atoms with E-state index >= 15 is 0 Å². The molecule has 0 spiro atoms.